The van der Waals surface area contributed by atoms with Crippen LogP contribution in [0.4, 0.5) is 11.4 Å². The van der Waals surface area contributed by atoms with E-state index in [9.17, 15) is 20.0 Å². The Balaban J connectivity index is 1.90. The first-order valence-corrected chi connectivity index (χ1v) is 8.91. The van der Waals surface area contributed by atoms with Crippen molar-refractivity contribution in [3.63, 3.8) is 0 Å². The van der Waals surface area contributed by atoms with Gasteiger partial charge in [-0.2, -0.15) is 0 Å². The maximum atomic E-state index is 12.6. The fourth-order valence-corrected chi connectivity index (χ4v) is 3.14. The Morgan fingerprint density at radius 1 is 1.07 bits per heavy atom. The Kier molecular flexibility index (Phi) is 5.82. The molecule has 0 aliphatic heterocycles. The van der Waals surface area contributed by atoms with Gasteiger partial charge >= 0.3 is 0 Å². The molecule has 6 nitrogen and oxygen atoms in total. The molecular formula is C20H14Cl2N2O4. The normalized spacial score (nSPS) is 10.5. The van der Waals surface area contributed by atoms with Gasteiger partial charge in [0, 0.05) is 28.8 Å². The van der Waals surface area contributed by atoms with Crippen LogP contribution in [0.3, 0.4) is 0 Å². The van der Waals surface area contributed by atoms with Gasteiger partial charge < -0.3 is 10.4 Å². The minimum absolute atomic E-state index is 0.0314. The number of amides is 1. The Morgan fingerprint density at radius 2 is 1.79 bits per heavy atom. The molecule has 3 aromatic rings. The van der Waals surface area contributed by atoms with Gasteiger partial charge in [-0.3, -0.25) is 14.9 Å². The van der Waals surface area contributed by atoms with Crippen LogP contribution in [0.25, 0.3) is 0 Å². The highest BCUT2D eigenvalue weighted by molar-refractivity contribution is 6.33. The Hall–Kier alpha value is -3.09. The third kappa shape index (κ3) is 4.42. The van der Waals surface area contributed by atoms with E-state index in [0.29, 0.717) is 12.0 Å². The highest BCUT2D eigenvalue weighted by Gasteiger charge is 2.19. The summed E-state index contributed by atoms with van der Waals surface area (Å²) in [6, 6.07) is 16.2. The van der Waals surface area contributed by atoms with E-state index in [1.807, 2.05) is 30.3 Å². The second kappa shape index (κ2) is 8.29. The van der Waals surface area contributed by atoms with Gasteiger partial charge in [0.2, 0.25) is 0 Å². The molecule has 3 aromatic carbocycles. The molecule has 0 aliphatic rings. The topological polar surface area (TPSA) is 92.5 Å². The van der Waals surface area contributed by atoms with Crippen LogP contribution in [0.5, 0.6) is 5.75 Å². The second-order valence-corrected chi connectivity index (χ2v) is 6.84. The van der Waals surface area contributed by atoms with Crippen molar-refractivity contribution in [2.24, 2.45) is 0 Å². The average Bonchev–Trinajstić information content (AvgIpc) is 2.66. The smallest absolute Gasteiger partial charge is 0.289 e. The quantitative estimate of drug-likeness (QED) is 0.427. The van der Waals surface area contributed by atoms with Crippen LogP contribution in [0, 0.1) is 10.1 Å². The minimum atomic E-state index is -0.647. The van der Waals surface area contributed by atoms with Gasteiger partial charge in [0.05, 0.1) is 10.5 Å². The lowest BCUT2D eigenvalue weighted by Gasteiger charge is -2.12. The fourth-order valence-electron chi connectivity index (χ4n) is 2.71. The molecule has 0 fully saturated rings. The van der Waals surface area contributed by atoms with Crippen molar-refractivity contribution in [2.45, 2.75) is 6.42 Å². The van der Waals surface area contributed by atoms with E-state index < -0.39 is 10.8 Å². The lowest BCUT2D eigenvalue weighted by Crippen LogP contribution is -2.13. The molecule has 0 aromatic heterocycles. The summed E-state index contributed by atoms with van der Waals surface area (Å²) in [6.45, 7) is 0. The van der Waals surface area contributed by atoms with Gasteiger partial charge in [-0.05, 0) is 29.8 Å². The first kappa shape index (κ1) is 19.7. The molecule has 0 unspecified atom stereocenters. The number of hydrogen-bond donors (Lipinski definition) is 2. The van der Waals surface area contributed by atoms with Gasteiger partial charge in [0.25, 0.3) is 11.6 Å². The molecule has 0 atom stereocenters. The summed E-state index contributed by atoms with van der Waals surface area (Å²) >= 11 is 11.9. The number of hydrogen-bond acceptors (Lipinski definition) is 4. The van der Waals surface area contributed by atoms with Crippen molar-refractivity contribution >= 4 is 40.5 Å². The Bertz CT molecular complexity index is 1060. The van der Waals surface area contributed by atoms with Crippen molar-refractivity contribution < 1.29 is 14.8 Å². The second-order valence-electron chi connectivity index (χ2n) is 6.00. The maximum Gasteiger partial charge on any atom is 0.289 e. The summed E-state index contributed by atoms with van der Waals surface area (Å²) in [5, 5.41) is 24.3. The van der Waals surface area contributed by atoms with Gasteiger partial charge in [-0.1, -0.05) is 53.5 Å². The number of nitrogens with one attached hydrogen (secondary N) is 1. The van der Waals surface area contributed by atoms with Gasteiger partial charge in [0.1, 0.15) is 10.8 Å². The number of phenols is 1. The van der Waals surface area contributed by atoms with Gasteiger partial charge in [-0.15, -0.1) is 0 Å². The number of phenolic OH excluding ortho intramolecular Hbond substituents is 1. The molecule has 2 N–H and O–H groups in total. The van der Waals surface area contributed by atoms with E-state index in [2.05, 4.69) is 5.32 Å². The van der Waals surface area contributed by atoms with Crippen molar-refractivity contribution in [3.8, 4) is 5.75 Å². The molecule has 0 aliphatic carbocycles. The van der Waals surface area contributed by atoms with Crippen molar-refractivity contribution in [1.29, 1.82) is 0 Å². The van der Waals surface area contributed by atoms with E-state index >= 15 is 0 Å². The molecule has 0 saturated heterocycles. The van der Waals surface area contributed by atoms with E-state index in [1.54, 1.807) is 6.07 Å². The van der Waals surface area contributed by atoms with E-state index in [0.717, 1.165) is 11.6 Å². The number of rotatable bonds is 5. The third-order valence-corrected chi connectivity index (χ3v) is 4.57. The monoisotopic (exact) mass is 416 g/mol. The van der Waals surface area contributed by atoms with Gasteiger partial charge in [-0.25, -0.2) is 0 Å². The first-order chi connectivity index (χ1) is 13.3. The summed E-state index contributed by atoms with van der Waals surface area (Å²) < 4.78 is 0. The summed E-state index contributed by atoms with van der Waals surface area (Å²) in [5.41, 5.74) is 1.24. The number of carbonyl (C=O) groups is 1. The SMILES string of the molecule is O=C(Nc1ccc(Cl)c([N+](=O)[O-])c1)c1cc(Cl)cc(Cc2ccccc2)c1O. The van der Waals surface area contributed by atoms with Crippen LogP contribution in [-0.4, -0.2) is 15.9 Å². The van der Waals surface area contributed by atoms with Crippen molar-refractivity contribution in [2.75, 3.05) is 5.32 Å². The number of aromatic hydroxyl groups is 1. The zero-order valence-electron chi connectivity index (χ0n) is 14.4. The largest absolute Gasteiger partial charge is 0.507 e. The summed E-state index contributed by atoms with van der Waals surface area (Å²) in [5.74, 6) is -0.847. The third-order valence-electron chi connectivity index (χ3n) is 4.04. The maximum absolute atomic E-state index is 12.6. The molecule has 3 rings (SSSR count). The van der Waals surface area contributed by atoms with E-state index in [1.165, 1.54) is 18.2 Å². The zero-order valence-corrected chi connectivity index (χ0v) is 15.9. The fraction of sp³-hybridized carbons (Fsp3) is 0.0500. The minimum Gasteiger partial charge on any atom is -0.507 e. The molecule has 0 radical (unpaired) electrons. The van der Waals surface area contributed by atoms with Crippen LogP contribution < -0.4 is 5.32 Å². The number of nitro groups is 1. The molecule has 8 heteroatoms. The molecule has 0 saturated carbocycles. The Morgan fingerprint density at radius 3 is 2.46 bits per heavy atom. The molecule has 1 amide bonds. The van der Waals surface area contributed by atoms with Crippen molar-refractivity contribution in [3.05, 3.63) is 97.5 Å². The van der Waals surface area contributed by atoms with Crippen LogP contribution in [0.1, 0.15) is 21.5 Å². The summed E-state index contributed by atoms with van der Waals surface area (Å²) in [4.78, 5) is 23.0. The lowest BCUT2D eigenvalue weighted by molar-refractivity contribution is -0.384. The standard InChI is InChI=1S/C20H14Cl2N2O4/c21-14-9-13(8-12-4-2-1-3-5-12)19(25)16(10-14)20(26)23-15-6-7-17(22)18(11-15)24(27)28/h1-7,9-11,25H,8H2,(H,23,26). The molecule has 142 valence electrons. The van der Waals surface area contributed by atoms with Crippen molar-refractivity contribution in [1.82, 2.24) is 0 Å². The lowest BCUT2D eigenvalue weighted by atomic mass is 10.0. The Labute approximate surface area is 170 Å². The number of halogens is 2. The average molecular weight is 417 g/mol. The van der Waals surface area contributed by atoms with Crippen LogP contribution >= 0.6 is 23.2 Å². The zero-order chi connectivity index (χ0) is 20.3. The number of anilines is 1. The summed E-state index contributed by atoms with van der Waals surface area (Å²) in [7, 11) is 0. The number of nitro benzene ring substituents is 1. The number of nitrogens with zero attached hydrogens (tertiary/aromatic N) is 1. The number of carbonyl (C=O) groups excluding carboxylic acids is 1. The molecule has 28 heavy (non-hydrogen) atoms. The van der Waals surface area contributed by atoms with Crippen LogP contribution in [0.15, 0.2) is 60.7 Å². The highest BCUT2D eigenvalue weighted by Crippen LogP contribution is 2.31. The van der Waals surface area contributed by atoms with Crippen LogP contribution in [0.2, 0.25) is 10.0 Å². The van der Waals surface area contributed by atoms with E-state index in [4.69, 9.17) is 23.2 Å². The molecular weight excluding hydrogens is 403 g/mol. The molecule has 0 spiro atoms. The molecule has 0 bridgehead atoms. The van der Waals surface area contributed by atoms with Gasteiger partial charge in [0.15, 0.2) is 0 Å². The van der Waals surface area contributed by atoms with E-state index in [-0.39, 0.29) is 32.7 Å². The number of benzene rings is 3. The van der Waals surface area contributed by atoms with Crippen LogP contribution in [-0.2, 0) is 6.42 Å². The summed E-state index contributed by atoms with van der Waals surface area (Å²) in [6.07, 6.45) is 0.389. The predicted octanol–water partition coefficient (Wildman–Crippen LogP) is 5.45. The predicted molar refractivity (Wildman–Crippen MR) is 108 cm³/mol. The first-order valence-electron chi connectivity index (χ1n) is 8.15. The highest BCUT2D eigenvalue weighted by atomic mass is 35.5. The molecule has 0 heterocycles.